The van der Waals surface area contributed by atoms with E-state index in [1.54, 1.807) is 20.8 Å². The van der Waals surface area contributed by atoms with Crippen LogP contribution in [0.5, 0.6) is 0 Å². The fraction of sp³-hybridized carbons (Fsp3) is 0.263. The number of carbonyl (C=O) groups is 2. The molecule has 2 aromatic carbocycles. The highest BCUT2D eigenvalue weighted by Crippen LogP contribution is 2.21. The number of anilines is 1. The van der Waals surface area contributed by atoms with Crippen molar-refractivity contribution < 1.29 is 27.7 Å². The molecule has 2 aromatic rings. The zero-order chi connectivity index (χ0) is 22.7. The van der Waals surface area contributed by atoms with Crippen LogP contribution in [0.3, 0.4) is 0 Å². The summed E-state index contributed by atoms with van der Waals surface area (Å²) >= 11 is 0. The SMILES string of the molecule is COC(=O)c1cc(C(=O)Nc2cccc(S(=O)(=O)NC(C)(C)C)c2)cc([N+](=O)[O-])c1. The Balaban J connectivity index is 2.36. The maximum atomic E-state index is 12.6. The average molecular weight is 435 g/mol. The molecule has 0 aromatic heterocycles. The van der Waals surface area contributed by atoms with E-state index in [-0.39, 0.29) is 21.7 Å². The van der Waals surface area contributed by atoms with Crippen molar-refractivity contribution in [3.05, 3.63) is 63.7 Å². The summed E-state index contributed by atoms with van der Waals surface area (Å²) in [6.07, 6.45) is 0. The van der Waals surface area contributed by atoms with Gasteiger partial charge in [-0.2, -0.15) is 0 Å². The fourth-order valence-electron chi connectivity index (χ4n) is 2.49. The molecule has 0 unspecified atom stereocenters. The number of nitrogens with one attached hydrogen (secondary N) is 2. The van der Waals surface area contributed by atoms with E-state index in [9.17, 15) is 28.1 Å². The van der Waals surface area contributed by atoms with Crippen LogP contribution >= 0.6 is 0 Å². The molecule has 160 valence electrons. The van der Waals surface area contributed by atoms with Crippen LogP contribution in [0.4, 0.5) is 11.4 Å². The second kappa shape index (κ2) is 8.59. The van der Waals surface area contributed by atoms with Crippen LogP contribution in [0.25, 0.3) is 0 Å². The van der Waals surface area contributed by atoms with Crippen LogP contribution in [0.1, 0.15) is 41.5 Å². The lowest BCUT2D eigenvalue weighted by molar-refractivity contribution is -0.384. The van der Waals surface area contributed by atoms with Gasteiger partial charge >= 0.3 is 5.97 Å². The molecule has 0 radical (unpaired) electrons. The van der Waals surface area contributed by atoms with E-state index >= 15 is 0 Å². The van der Waals surface area contributed by atoms with Crippen molar-refractivity contribution in [1.82, 2.24) is 4.72 Å². The largest absolute Gasteiger partial charge is 0.465 e. The second-order valence-electron chi connectivity index (χ2n) is 7.35. The number of non-ortho nitro benzene ring substituents is 1. The van der Waals surface area contributed by atoms with Crippen LogP contribution in [-0.4, -0.2) is 37.9 Å². The van der Waals surface area contributed by atoms with Gasteiger partial charge in [0.25, 0.3) is 11.6 Å². The number of nitro benzene ring substituents is 1. The number of ether oxygens (including phenoxy) is 1. The van der Waals surface area contributed by atoms with Gasteiger partial charge in [-0.15, -0.1) is 0 Å². The summed E-state index contributed by atoms with van der Waals surface area (Å²) in [7, 11) is -2.72. The summed E-state index contributed by atoms with van der Waals surface area (Å²) in [5, 5.41) is 13.6. The van der Waals surface area contributed by atoms with Gasteiger partial charge in [-0.3, -0.25) is 14.9 Å². The normalized spacial score (nSPS) is 11.6. The van der Waals surface area contributed by atoms with Crippen LogP contribution in [-0.2, 0) is 14.8 Å². The molecule has 0 saturated carbocycles. The number of sulfonamides is 1. The number of esters is 1. The van der Waals surface area contributed by atoms with Crippen LogP contribution < -0.4 is 10.0 Å². The van der Waals surface area contributed by atoms with Crippen molar-refractivity contribution in [2.24, 2.45) is 0 Å². The molecule has 0 fully saturated rings. The number of benzene rings is 2. The number of hydrogen-bond acceptors (Lipinski definition) is 7. The van der Waals surface area contributed by atoms with Gasteiger partial charge in [-0.05, 0) is 45.0 Å². The highest BCUT2D eigenvalue weighted by atomic mass is 32.2. The first kappa shape index (κ1) is 23.0. The number of hydrogen-bond donors (Lipinski definition) is 2. The van der Waals surface area contributed by atoms with Crippen molar-refractivity contribution in [1.29, 1.82) is 0 Å². The number of nitro groups is 1. The molecule has 0 bridgehead atoms. The maximum Gasteiger partial charge on any atom is 0.338 e. The molecular formula is C19H21N3O7S. The fourth-order valence-corrected chi connectivity index (χ4v) is 3.95. The molecule has 0 aliphatic heterocycles. The predicted molar refractivity (Wildman–Crippen MR) is 109 cm³/mol. The summed E-state index contributed by atoms with van der Waals surface area (Å²) in [4.78, 5) is 34.6. The minimum atomic E-state index is -3.83. The Labute approximate surface area is 173 Å². The maximum absolute atomic E-state index is 12.6. The molecule has 10 nitrogen and oxygen atoms in total. The summed E-state index contributed by atoms with van der Waals surface area (Å²) in [5.74, 6) is -1.60. The molecule has 30 heavy (non-hydrogen) atoms. The van der Waals surface area contributed by atoms with E-state index in [1.807, 2.05) is 0 Å². The van der Waals surface area contributed by atoms with Gasteiger partial charge in [-0.25, -0.2) is 17.9 Å². The first-order valence-electron chi connectivity index (χ1n) is 8.65. The first-order chi connectivity index (χ1) is 13.8. The molecule has 0 heterocycles. The monoisotopic (exact) mass is 435 g/mol. The third-order valence-corrected chi connectivity index (χ3v) is 5.41. The van der Waals surface area contributed by atoms with Crippen molar-refractivity contribution in [2.75, 3.05) is 12.4 Å². The molecule has 0 aliphatic carbocycles. The Hall–Kier alpha value is -3.31. The van der Waals surface area contributed by atoms with Gasteiger partial charge < -0.3 is 10.1 Å². The van der Waals surface area contributed by atoms with Crippen LogP contribution in [0, 0.1) is 10.1 Å². The lowest BCUT2D eigenvalue weighted by atomic mass is 10.1. The summed E-state index contributed by atoms with van der Waals surface area (Å²) in [5.41, 5.74) is -1.34. The lowest BCUT2D eigenvalue weighted by Crippen LogP contribution is -2.40. The van der Waals surface area contributed by atoms with Gasteiger partial charge in [0.1, 0.15) is 0 Å². The zero-order valence-electron chi connectivity index (χ0n) is 16.8. The van der Waals surface area contributed by atoms with E-state index in [1.165, 1.54) is 24.3 Å². The van der Waals surface area contributed by atoms with Gasteiger partial charge in [0, 0.05) is 28.9 Å². The second-order valence-corrected chi connectivity index (χ2v) is 9.04. The summed E-state index contributed by atoms with van der Waals surface area (Å²) in [6, 6.07) is 8.68. The molecule has 0 atom stereocenters. The minimum absolute atomic E-state index is 0.0653. The third kappa shape index (κ3) is 5.84. The molecule has 2 N–H and O–H groups in total. The molecule has 0 aliphatic rings. The third-order valence-electron chi connectivity index (χ3n) is 3.65. The van der Waals surface area contributed by atoms with E-state index in [0.29, 0.717) is 0 Å². The van der Waals surface area contributed by atoms with Gasteiger partial charge in [-0.1, -0.05) is 6.07 Å². The minimum Gasteiger partial charge on any atom is -0.465 e. The summed E-state index contributed by atoms with van der Waals surface area (Å²) in [6.45, 7) is 5.08. The van der Waals surface area contributed by atoms with Crippen LogP contribution in [0.15, 0.2) is 47.4 Å². The highest BCUT2D eigenvalue weighted by Gasteiger charge is 2.23. The van der Waals surface area contributed by atoms with Gasteiger partial charge in [0.05, 0.1) is 22.5 Å². The van der Waals surface area contributed by atoms with E-state index in [0.717, 1.165) is 25.3 Å². The Morgan fingerprint density at radius 2 is 1.70 bits per heavy atom. The predicted octanol–water partition coefficient (Wildman–Crippen LogP) is 2.71. The Kier molecular flexibility index (Phi) is 6.58. The molecule has 0 spiro atoms. The van der Waals surface area contributed by atoms with Crippen LogP contribution in [0.2, 0.25) is 0 Å². The van der Waals surface area contributed by atoms with E-state index in [4.69, 9.17) is 0 Å². The van der Waals surface area contributed by atoms with Gasteiger partial charge in [0.2, 0.25) is 10.0 Å². The first-order valence-corrected chi connectivity index (χ1v) is 10.1. The number of amides is 1. The molecule has 0 saturated heterocycles. The molecule has 11 heteroatoms. The number of methoxy groups -OCH3 is 1. The number of nitrogens with zero attached hydrogens (tertiary/aromatic N) is 1. The van der Waals surface area contributed by atoms with Crippen molar-refractivity contribution in [3.63, 3.8) is 0 Å². The van der Waals surface area contributed by atoms with Crippen molar-refractivity contribution >= 4 is 33.3 Å². The van der Waals surface area contributed by atoms with Gasteiger partial charge in [0.15, 0.2) is 0 Å². The number of rotatable bonds is 6. The topological polar surface area (TPSA) is 145 Å². The molecule has 1 amide bonds. The summed E-state index contributed by atoms with van der Waals surface area (Å²) < 4.78 is 32.0. The lowest BCUT2D eigenvalue weighted by Gasteiger charge is -2.20. The molecular weight excluding hydrogens is 414 g/mol. The Bertz CT molecular complexity index is 1110. The van der Waals surface area contributed by atoms with Crippen molar-refractivity contribution in [2.45, 2.75) is 31.2 Å². The zero-order valence-corrected chi connectivity index (χ0v) is 17.6. The Morgan fingerprint density at radius 1 is 1.07 bits per heavy atom. The van der Waals surface area contributed by atoms with E-state index in [2.05, 4.69) is 14.8 Å². The quantitative estimate of drug-likeness (QED) is 0.403. The van der Waals surface area contributed by atoms with E-state index < -0.39 is 38.0 Å². The molecule has 2 rings (SSSR count). The Morgan fingerprint density at radius 3 is 2.27 bits per heavy atom. The highest BCUT2D eigenvalue weighted by molar-refractivity contribution is 7.89. The standard InChI is InChI=1S/C19H21N3O7S/c1-19(2,3)21-30(27,28)16-7-5-6-14(11-16)20-17(23)12-8-13(18(24)29-4)10-15(9-12)22(25)26/h5-11,21H,1-4H3,(H,20,23). The number of carbonyl (C=O) groups excluding carboxylic acids is 2. The smallest absolute Gasteiger partial charge is 0.338 e. The average Bonchev–Trinajstić information content (AvgIpc) is 2.65. The van der Waals surface area contributed by atoms with Crippen molar-refractivity contribution in [3.8, 4) is 0 Å².